The third kappa shape index (κ3) is 4.84. The zero-order valence-corrected chi connectivity index (χ0v) is 16.6. The minimum absolute atomic E-state index is 0.0501. The molecule has 0 fully saturated rings. The molecule has 0 saturated heterocycles. The Morgan fingerprint density at radius 1 is 1.27 bits per heavy atom. The minimum Gasteiger partial charge on any atom is -0.481 e. The van der Waals surface area contributed by atoms with Crippen LogP contribution in [0.2, 0.25) is 0 Å². The number of methoxy groups -OCH3 is 1. The molecular formula is C19H27NO5S. The first-order valence-corrected chi connectivity index (χ1v) is 9.69. The number of amides is 1. The molecule has 26 heavy (non-hydrogen) atoms. The van der Waals surface area contributed by atoms with E-state index in [0.717, 1.165) is 29.7 Å². The molecule has 0 spiro atoms. The van der Waals surface area contributed by atoms with Gasteiger partial charge in [-0.1, -0.05) is 20.8 Å². The lowest BCUT2D eigenvalue weighted by atomic mass is 9.72. The zero-order valence-electron chi connectivity index (χ0n) is 15.8. The number of ether oxygens (including phenoxy) is 1. The van der Waals surface area contributed by atoms with Crippen LogP contribution in [-0.4, -0.2) is 30.1 Å². The first-order chi connectivity index (χ1) is 12.1. The number of aliphatic carboxylic acids is 1. The Balaban J connectivity index is 2.21. The average molecular weight is 381 g/mol. The Bertz CT molecular complexity index is 702. The average Bonchev–Trinajstić information content (AvgIpc) is 2.89. The lowest BCUT2D eigenvalue weighted by molar-refractivity contribution is -0.137. The van der Waals surface area contributed by atoms with Crippen LogP contribution < -0.4 is 5.32 Å². The number of esters is 1. The van der Waals surface area contributed by atoms with E-state index < -0.39 is 11.9 Å². The summed E-state index contributed by atoms with van der Waals surface area (Å²) in [6, 6.07) is 0. The quantitative estimate of drug-likeness (QED) is 0.730. The van der Waals surface area contributed by atoms with Crippen molar-refractivity contribution in [2.24, 2.45) is 11.3 Å². The number of carbonyl (C=O) groups is 3. The van der Waals surface area contributed by atoms with Gasteiger partial charge in [0.15, 0.2) is 0 Å². The highest BCUT2D eigenvalue weighted by Crippen LogP contribution is 2.44. The molecule has 7 heteroatoms. The Morgan fingerprint density at radius 3 is 2.54 bits per heavy atom. The maximum absolute atomic E-state index is 12.3. The first kappa shape index (κ1) is 20.4. The Hall–Kier alpha value is -1.89. The van der Waals surface area contributed by atoms with Gasteiger partial charge in [0, 0.05) is 17.7 Å². The van der Waals surface area contributed by atoms with Crippen LogP contribution in [0, 0.1) is 11.3 Å². The number of rotatable bonds is 6. The summed E-state index contributed by atoms with van der Waals surface area (Å²) in [6.07, 6.45) is 3.02. The monoisotopic (exact) mass is 381 g/mol. The Kier molecular flexibility index (Phi) is 6.44. The number of hydrogen-bond acceptors (Lipinski definition) is 5. The molecule has 1 aromatic rings. The van der Waals surface area contributed by atoms with Crippen molar-refractivity contribution in [3.05, 3.63) is 16.0 Å². The molecule has 6 nitrogen and oxygen atoms in total. The number of fused-ring (bicyclic) bond motifs is 1. The second-order valence-corrected chi connectivity index (χ2v) is 8.91. The van der Waals surface area contributed by atoms with Crippen LogP contribution in [-0.2, 0) is 27.2 Å². The van der Waals surface area contributed by atoms with E-state index in [4.69, 9.17) is 9.84 Å². The van der Waals surface area contributed by atoms with E-state index in [1.54, 1.807) is 0 Å². The van der Waals surface area contributed by atoms with Gasteiger partial charge in [0.1, 0.15) is 5.00 Å². The molecule has 0 aromatic carbocycles. The van der Waals surface area contributed by atoms with Gasteiger partial charge < -0.3 is 15.2 Å². The van der Waals surface area contributed by atoms with Crippen molar-refractivity contribution >= 4 is 34.2 Å². The van der Waals surface area contributed by atoms with Gasteiger partial charge in [0.05, 0.1) is 12.7 Å². The molecule has 1 heterocycles. The molecule has 144 valence electrons. The van der Waals surface area contributed by atoms with Gasteiger partial charge in [-0.05, 0) is 42.6 Å². The third-order valence-corrected chi connectivity index (χ3v) is 6.10. The predicted octanol–water partition coefficient (Wildman–Crippen LogP) is 3.88. The van der Waals surface area contributed by atoms with Crippen molar-refractivity contribution in [2.75, 3.05) is 12.4 Å². The van der Waals surface area contributed by atoms with Crippen LogP contribution in [0.3, 0.4) is 0 Å². The molecule has 0 unspecified atom stereocenters. The maximum atomic E-state index is 12.3. The zero-order chi connectivity index (χ0) is 19.5. The molecule has 1 amide bonds. The van der Waals surface area contributed by atoms with Crippen molar-refractivity contribution in [1.29, 1.82) is 0 Å². The fraction of sp³-hybridized carbons (Fsp3) is 0.632. The van der Waals surface area contributed by atoms with Gasteiger partial charge in [-0.3, -0.25) is 9.59 Å². The summed E-state index contributed by atoms with van der Waals surface area (Å²) >= 11 is 1.44. The molecule has 1 atom stereocenters. The smallest absolute Gasteiger partial charge is 0.341 e. The SMILES string of the molecule is COC(=O)c1c(NC(=O)CCCC(=O)O)sc2c1CC[C@H](C(C)(C)C)C2. The summed E-state index contributed by atoms with van der Waals surface area (Å²) < 4.78 is 4.93. The highest BCUT2D eigenvalue weighted by atomic mass is 32.1. The Labute approximate surface area is 157 Å². The van der Waals surface area contributed by atoms with Gasteiger partial charge in [-0.25, -0.2) is 4.79 Å². The van der Waals surface area contributed by atoms with Gasteiger partial charge in [-0.15, -0.1) is 11.3 Å². The molecule has 1 aromatic heterocycles. The number of nitrogens with one attached hydrogen (secondary N) is 1. The molecule has 0 radical (unpaired) electrons. The number of anilines is 1. The van der Waals surface area contributed by atoms with E-state index in [9.17, 15) is 14.4 Å². The summed E-state index contributed by atoms with van der Waals surface area (Å²) in [5.74, 6) is -1.11. The summed E-state index contributed by atoms with van der Waals surface area (Å²) in [4.78, 5) is 36.1. The van der Waals surface area contributed by atoms with E-state index in [1.165, 1.54) is 18.4 Å². The van der Waals surface area contributed by atoms with Crippen LogP contribution >= 0.6 is 11.3 Å². The standard InChI is InChI=1S/C19H27NO5S/c1-19(2,3)11-8-9-12-13(10-11)26-17(16(12)18(24)25-4)20-14(21)6-5-7-15(22)23/h11H,5-10H2,1-4H3,(H,20,21)(H,22,23)/t11-/m0/s1. The van der Waals surface area contributed by atoms with E-state index >= 15 is 0 Å². The van der Waals surface area contributed by atoms with Crippen LogP contribution in [0.4, 0.5) is 5.00 Å². The van der Waals surface area contributed by atoms with Gasteiger partial charge >= 0.3 is 11.9 Å². The maximum Gasteiger partial charge on any atom is 0.341 e. The second kappa shape index (κ2) is 8.20. The summed E-state index contributed by atoms with van der Waals surface area (Å²) in [5.41, 5.74) is 1.64. The van der Waals surface area contributed by atoms with Crippen LogP contribution in [0.25, 0.3) is 0 Å². The lowest BCUT2D eigenvalue weighted by Crippen LogP contribution is -2.26. The fourth-order valence-electron chi connectivity index (χ4n) is 3.32. The lowest BCUT2D eigenvalue weighted by Gasteiger charge is -2.33. The number of carboxylic acid groups (broad SMARTS) is 1. The minimum atomic E-state index is -0.923. The molecule has 0 bridgehead atoms. The van der Waals surface area contributed by atoms with Crippen LogP contribution in [0.5, 0.6) is 0 Å². The van der Waals surface area contributed by atoms with Crippen molar-refractivity contribution in [3.63, 3.8) is 0 Å². The topological polar surface area (TPSA) is 92.7 Å². The van der Waals surface area contributed by atoms with Gasteiger partial charge in [-0.2, -0.15) is 0 Å². The largest absolute Gasteiger partial charge is 0.481 e. The molecule has 0 saturated carbocycles. The van der Waals surface area contributed by atoms with Crippen molar-refractivity contribution < 1.29 is 24.2 Å². The highest BCUT2D eigenvalue weighted by molar-refractivity contribution is 7.17. The number of carboxylic acids is 1. The van der Waals surface area contributed by atoms with Gasteiger partial charge in [0.2, 0.25) is 5.91 Å². The fourth-order valence-corrected chi connectivity index (χ4v) is 4.65. The van der Waals surface area contributed by atoms with Crippen molar-refractivity contribution in [1.82, 2.24) is 0 Å². The third-order valence-electron chi connectivity index (χ3n) is 4.93. The summed E-state index contributed by atoms with van der Waals surface area (Å²) in [7, 11) is 1.34. The normalized spacial score (nSPS) is 16.7. The van der Waals surface area contributed by atoms with E-state index in [0.29, 0.717) is 16.5 Å². The number of carbonyl (C=O) groups excluding carboxylic acids is 2. The van der Waals surface area contributed by atoms with Crippen molar-refractivity contribution in [2.45, 2.75) is 59.3 Å². The highest BCUT2D eigenvalue weighted by Gasteiger charge is 2.34. The molecule has 0 aliphatic heterocycles. The summed E-state index contributed by atoms with van der Waals surface area (Å²) in [6.45, 7) is 6.67. The van der Waals surface area contributed by atoms with Crippen LogP contribution in [0.15, 0.2) is 0 Å². The number of thiophene rings is 1. The van der Waals surface area contributed by atoms with E-state index in [-0.39, 0.29) is 30.6 Å². The summed E-state index contributed by atoms with van der Waals surface area (Å²) in [5, 5.41) is 12.0. The Morgan fingerprint density at radius 2 is 1.96 bits per heavy atom. The predicted molar refractivity (Wildman–Crippen MR) is 101 cm³/mol. The van der Waals surface area contributed by atoms with Crippen LogP contribution in [0.1, 0.15) is 67.3 Å². The first-order valence-electron chi connectivity index (χ1n) is 8.88. The van der Waals surface area contributed by atoms with Gasteiger partial charge in [0.25, 0.3) is 0 Å². The molecule has 1 aliphatic rings. The molecule has 2 rings (SSSR count). The van der Waals surface area contributed by atoms with E-state index in [2.05, 4.69) is 26.1 Å². The van der Waals surface area contributed by atoms with E-state index in [1.807, 2.05) is 0 Å². The molecular weight excluding hydrogens is 354 g/mol. The van der Waals surface area contributed by atoms with Crippen molar-refractivity contribution in [3.8, 4) is 0 Å². The molecule has 2 N–H and O–H groups in total. The second-order valence-electron chi connectivity index (χ2n) is 7.80. The number of hydrogen-bond donors (Lipinski definition) is 2. The molecule has 1 aliphatic carbocycles.